The molecule has 0 aliphatic heterocycles. The summed E-state index contributed by atoms with van der Waals surface area (Å²) in [4.78, 5) is 24.5. The van der Waals surface area contributed by atoms with Crippen LogP contribution in [0.5, 0.6) is 0 Å². The third kappa shape index (κ3) is 5.21. The number of nitrogens with one attached hydrogen (secondary N) is 1. The zero-order valence-electron chi connectivity index (χ0n) is 12.2. The maximum absolute atomic E-state index is 12.0. The number of Topliss-reactive ketones (excluding diaryl/α,β-unsaturated/α-hetero) is 1. The molecule has 7 heteroatoms. The zero-order chi connectivity index (χ0) is 17.0. The fraction of sp³-hybridized carbons (Fsp3) is 0.250. The Morgan fingerprint density at radius 3 is 2.48 bits per heavy atom. The Bertz CT molecular complexity index is 730. The Kier molecular flexibility index (Phi) is 6.48. The molecule has 1 heterocycles. The molecule has 1 N–H and O–H groups in total. The van der Waals surface area contributed by atoms with Crippen molar-refractivity contribution < 1.29 is 9.59 Å². The molecule has 2 aromatic rings. The predicted octanol–water partition coefficient (Wildman–Crippen LogP) is 5.55. The number of thiophene rings is 1. The lowest BCUT2D eigenvalue weighted by Gasteiger charge is -2.15. The molecule has 0 saturated carbocycles. The smallest absolute Gasteiger partial charge is 0.220 e. The van der Waals surface area contributed by atoms with Gasteiger partial charge in [0.05, 0.1) is 15.3 Å². The summed E-state index contributed by atoms with van der Waals surface area (Å²) in [6, 6.07) is 8.20. The maximum Gasteiger partial charge on any atom is 0.220 e. The summed E-state index contributed by atoms with van der Waals surface area (Å²) in [5.41, 5.74) is 0.779. The molecule has 1 atom stereocenters. The van der Waals surface area contributed by atoms with E-state index >= 15 is 0 Å². The summed E-state index contributed by atoms with van der Waals surface area (Å²) in [6.45, 7) is 1.83. The van der Waals surface area contributed by atoms with Gasteiger partial charge in [-0.2, -0.15) is 0 Å². The van der Waals surface area contributed by atoms with Crippen LogP contribution in [0.25, 0.3) is 0 Å². The van der Waals surface area contributed by atoms with E-state index in [9.17, 15) is 9.59 Å². The SMILES string of the molecule is CC(NC(=O)CCC(=O)c1ccc(Cl)s1)c1ccc(Cl)cc1Cl. The van der Waals surface area contributed by atoms with Gasteiger partial charge in [0, 0.05) is 22.9 Å². The number of amides is 1. The van der Waals surface area contributed by atoms with Crippen LogP contribution in [0.1, 0.15) is 41.0 Å². The van der Waals surface area contributed by atoms with Gasteiger partial charge >= 0.3 is 0 Å². The number of carbonyl (C=O) groups is 2. The quantitative estimate of drug-likeness (QED) is 0.657. The molecule has 1 amide bonds. The highest BCUT2D eigenvalue weighted by Gasteiger charge is 2.15. The number of ketones is 1. The summed E-state index contributed by atoms with van der Waals surface area (Å²) in [7, 11) is 0. The van der Waals surface area contributed by atoms with Gasteiger partial charge in [0.25, 0.3) is 0 Å². The predicted molar refractivity (Wildman–Crippen MR) is 95.9 cm³/mol. The van der Waals surface area contributed by atoms with Crippen LogP contribution >= 0.6 is 46.1 Å². The Labute approximate surface area is 153 Å². The van der Waals surface area contributed by atoms with Crippen molar-refractivity contribution in [2.24, 2.45) is 0 Å². The molecule has 0 fully saturated rings. The molecule has 23 heavy (non-hydrogen) atoms. The monoisotopic (exact) mass is 389 g/mol. The van der Waals surface area contributed by atoms with E-state index in [1.165, 1.54) is 11.3 Å². The van der Waals surface area contributed by atoms with Gasteiger partial charge < -0.3 is 5.32 Å². The Morgan fingerprint density at radius 1 is 1.13 bits per heavy atom. The molecule has 0 spiro atoms. The molecule has 0 aliphatic carbocycles. The Balaban J connectivity index is 1.88. The standard InChI is InChI=1S/C16H14Cl3NO2S/c1-9(11-3-2-10(17)8-12(11)18)20-16(22)7-4-13(21)14-5-6-15(19)23-14/h2-3,5-6,8-9H,4,7H2,1H3,(H,20,22). The first-order chi connectivity index (χ1) is 10.9. The van der Waals surface area contributed by atoms with Crippen molar-refractivity contribution in [3.8, 4) is 0 Å². The highest BCUT2D eigenvalue weighted by Crippen LogP contribution is 2.26. The van der Waals surface area contributed by atoms with E-state index in [0.717, 1.165) is 5.56 Å². The Hall–Kier alpha value is -1.07. The lowest BCUT2D eigenvalue weighted by Crippen LogP contribution is -2.27. The number of halogens is 3. The average molecular weight is 391 g/mol. The number of hydrogen-bond donors (Lipinski definition) is 1. The lowest BCUT2D eigenvalue weighted by atomic mass is 10.1. The van der Waals surface area contributed by atoms with E-state index in [4.69, 9.17) is 34.8 Å². The van der Waals surface area contributed by atoms with Gasteiger partial charge in [-0.3, -0.25) is 9.59 Å². The van der Waals surface area contributed by atoms with Crippen molar-refractivity contribution >= 4 is 57.8 Å². The molecule has 1 unspecified atom stereocenters. The molecular formula is C16H14Cl3NO2S. The number of carbonyl (C=O) groups excluding carboxylic acids is 2. The largest absolute Gasteiger partial charge is 0.350 e. The minimum Gasteiger partial charge on any atom is -0.350 e. The van der Waals surface area contributed by atoms with E-state index in [1.807, 2.05) is 6.92 Å². The van der Waals surface area contributed by atoms with Gasteiger partial charge in [-0.25, -0.2) is 0 Å². The van der Waals surface area contributed by atoms with Crippen molar-refractivity contribution in [3.05, 3.63) is 55.2 Å². The Morgan fingerprint density at radius 2 is 1.87 bits per heavy atom. The van der Waals surface area contributed by atoms with Crippen molar-refractivity contribution in [2.75, 3.05) is 0 Å². The molecular weight excluding hydrogens is 377 g/mol. The number of hydrogen-bond acceptors (Lipinski definition) is 3. The van der Waals surface area contributed by atoms with Gasteiger partial charge in [0.15, 0.2) is 5.78 Å². The van der Waals surface area contributed by atoms with Crippen molar-refractivity contribution in [3.63, 3.8) is 0 Å². The summed E-state index contributed by atoms with van der Waals surface area (Å²) < 4.78 is 0.559. The highest BCUT2D eigenvalue weighted by atomic mass is 35.5. The summed E-state index contributed by atoms with van der Waals surface area (Å²) >= 11 is 19.0. The van der Waals surface area contributed by atoms with Crippen LogP contribution in [0.15, 0.2) is 30.3 Å². The van der Waals surface area contributed by atoms with Crippen molar-refractivity contribution in [1.82, 2.24) is 5.32 Å². The topological polar surface area (TPSA) is 46.2 Å². The van der Waals surface area contributed by atoms with Crippen LogP contribution in [-0.2, 0) is 4.79 Å². The molecule has 0 radical (unpaired) electrons. The summed E-state index contributed by atoms with van der Waals surface area (Å²) in [5, 5.41) is 3.86. The fourth-order valence-electron chi connectivity index (χ4n) is 2.06. The minimum atomic E-state index is -0.265. The molecule has 1 aromatic heterocycles. The third-order valence-electron chi connectivity index (χ3n) is 3.23. The van der Waals surface area contributed by atoms with E-state index in [1.54, 1.807) is 30.3 Å². The number of benzene rings is 1. The molecule has 1 aromatic carbocycles. The highest BCUT2D eigenvalue weighted by molar-refractivity contribution is 7.18. The minimum absolute atomic E-state index is 0.0887. The van der Waals surface area contributed by atoms with Crippen LogP contribution in [0.4, 0.5) is 0 Å². The molecule has 0 bridgehead atoms. The van der Waals surface area contributed by atoms with Gasteiger partial charge in [-0.15, -0.1) is 11.3 Å². The second-order valence-corrected chi connectivity index (χ2v) is 7.54. The van der Waals surface area contributed by atoms with E-state index < -0.39 is 0 Å². The van der Waals surface area contributed by atoms with Gasteiger partial charge in [0.2, 0.25) is 5.91 Å². The van der Waals surface area contributed by atoms with Crippen LogP contribution < -0.4 is 5.32 Å². The lowest BCUT2D eigenvalue weighted by molar-refractivity contribution is -0.121. The molecule has 0 saturated heterocycles. The van der Waals surface area contributed by atoms with E-state index in [0.29, 0.717) is 19.3 Å². The molecule has 122 valence electrons. The van der Waals surface area contributed by atoms with Gasteiger partial charge in [0.1, 0.15) is 0 Å². The normalized spacial score (nSPS) is 12.0. The third-order valence-corrected chi connectivity index (χ3v) is 5.07. The molecule has 0 aliphatic rings. The first-order valence-corrected chi connectivity index (χ1v) is 8.84. The van der Waals surface area contributed by atoms with Crippen molar-refractivity contribution in [2.45, 2.75) is 25.8 Å². The second-order valence-electron chi connectivity index (χ2n) is 4.98. The van der Waals surface area contributed by atoms with Crippen LogP contribution in [0.2, 0.25) is 14.4 Å². The second kappa shape index (κ2) is 8.15. The van der Waals surface area contributed by atoms with Crippen LogP contribution in [0.3, 0.4) is 0 Å². The zero-order valence-corrected chi connectivity index (χ0v) is 15.3. The van der Waals surface area contributed by atoms with E-state index in [-0.39, 0.29) is 30.6 Å². The first-order valence-electron chi connectivity index (χ1n) is 6.89. The summed E-state index contributed by atoms with van der Waals surface area (Å²) in [5.74, 6) is -0.297. The van der Waals surface area contributed by atoms with Crippen molar-refractivity contribution in [1.29, 1.82) is 0 Å². The van der Waals surface area contributed by atoms with Gasteiger partial charge in [-0.1, -0.05) is 40.9 Å². The van der Waals surface area contributed by atoms with Crippen LogP contribution in [-0.4, -0.2) is 11.7 Å². The van der Waals surface area contributed by atoms with Crippen LogP contribution in [0, 0.1) is 0 Å². The molecule has 3 nitrogen and oxygen atoms in total. The first kappa shape index (κ1) is 18.3. The maximum atomic E-state index is 12.0. The van der Waals surface area contributed by atoms with E-state index in [2.05, 4.69) is 5.32 Å². The van der Waals surface area contributed by atoms with Gasteiger partial charge in [-0.05, 0) is 36.8 Å². The fourth-order valence-corrected chi connectivity index (χ4v) is 3.64. The summed E-state index contributed by atoms with van der Waals surface area (Å²) in [6.07, 6.45) is 0.258. The number of rotatable bonds is 6. The molecule has 2 rings (SSSR count). The average Bonchev–Trinajstić information content (AvgIpc) is 2.91.